The summed E-state index contributed by atoms with van der Waals surface area (Å²) >= 11 is 11.2. The number of aromatic nitrogens is 3. The molecule has 2 N–H and O–H groups in total. The van der Waals surface area contributed by atoms with Crippen molar-refractivity contribution >= 4 is 61.5 Å². The van der Waals surface area contributed by atoms with Crippen LogP contribution >= 0.6 is 50.1 Å². The largest absolute Gasteiger partial charge is 0.395 e. The van der Waals surface area contributed by atoms with E-state index >= 15 is 0 Å². The average Bonchev–Trinajstić information content (AvgIpc) is 2.45. The molecule has 0 aliphatic carbocycles. The molecule has 0 unspecified atom stereocenters. The number of nitrogens with two attached hydrogens (primary N) is 1. The van der Waals surface area contributed by atoms with Crippen LogP contribution < -0.4 is 5.73 Å². The first-order chi connectivity index (χ1) is 6.11. The molecule has 0 atom stereocenters. The number of hydrogen-bond acceptors (Lipinski definition) is 3. The normalized spacial score (nSPS) is 11.0. The van der Waals surface area contributed by atoms with Gasteiger partial charge in [-0.2, -0.15) is 5.10 Å². The molecule has 0 aromatic carbocycles. The molecular weight excluding hydrogens is 370 g/mol. The number of nitrogens with zero attached hydrogens (tertiary/aromatic N) is 3. The van der Waals surface area contributed by atoms with Crippen LogP contribution in [0.15, 0.2) is 10.8 Å². The zero-order valence-corrected chi connectivity index (χ0v) is 10.6. The Morgan fingerprint density at radius 2 is 2.31 bits per heavy atom. The van der Waals surface area contributed by atoms with Crippen LogP contribution in [0.5, 0.6) is 0 Å². The third-order valence-corrected chi connectivity index (χ3v) is 3.76. The molecule has 13 heavy (non-hydrogen) atoms. The summed E-state index contributed by atoms with van der Waals surface area (Å²) in [6.07, 6.45) is 1.63. The van der Waals surface area contributed by atoms with Crippen molar-refractivity contribution in [2.75, 3.05) is 5.73 Å². The fourth-order valence-corrected chi connectivity index (χ4v) is 1.82. The maximum atomic E-state index is 5.85. The Morgan fingerprint density at radius 3 is 3.00 bits per heavy atom. The fourth-order valence-electron chi connectivity index (χ4n) is 0.945. The topological polar surface area (TPSA) is 56.2 Å². The van der Waals surface area contributed by atoms with Crippen LogP contribution in [0, 0.1) is 3.57 Å². The molecule has 0 fully saturated rings. The van der Waals surface area contributed by atoms with Crippen LogP contribution in [0.2, 0.25) is 5.15 Å². The second-order valence-electron chi connectivity index (χ2n) is 2.33. The summed E-state index contributed by atoms with van der Waals surface area (Å²) in [6, 6.07) is 0. The van der Waals surface area contributed by atoms with E-state index in [1.165, 1.54) is 0 Å². The van der Waals surface area contributed by atoms with Crippen molar-refractivity contribution in [3.8, 4) is 0 Å². The molecular formula is C6H3BrClIN4. The zero-order valence-electron chi connectivity index (χ0n) is 6.13. The molecule has 0 spiro atoms. The van der Waals surface area contributed by atoms with Crippen LogP contribution in [0.1, 0.15) is 0 Å². The highest BCUT2D eigenvalue weighted by Crippen LogP contribution is 2.26. The van der Waals surface area contributed by atoms with E-state index in [-0.39, 0.29) is 0 Å². The number of rotatable bonds is 0. The van der Waals surface area contributed by atoms with Gasteiger partial charge in [0.2, 0.25) is 0 Å². The molecule has 0 bridgehead atoms. The first-order valence-corrected chi connectivity index (χ1v) is 5.50. The summed E-state index contributed by atoms with van der Waals surface area (Å²) in [7, 11) is 0. The standard InChI is InChI=1S/C6H3BrClIN4/c7-2-1-11-6-4(10)3(9)5(8)12-13(2)6/h1H,10H2. The smallest absolute Gasteiger partial charge is 0.179 e. The Kier molecular flexibility index (Phi) is 2.37. The monoisotopic (exact) mass is 372 g/mol. The van der Waals surface area contributed by atoms with Crippen LogP contribution in [0.3, 0.4) is 0 Å². The summed E-state index contributed by atoms with van der Waals surface area (Å²) in [5.41, 5.74) is 6.96. The Balaban J connectivity index is 2.96. The third-order valence-electron chi connectivity index (χ3n) is 1.54. The predicted octanol–water partition coefficient (Wildman–Crippen LogP) is 2.33. The second-order valence-corrected chi connectivity index (χ2v) is 4.58. The second kappa shape index (κ2) is 3.25. The lowest BCUT2D eigenvalue weighted by molar-refractivity contribution is 0.914. The van der Waals surface area contributed by atoms with Gasteiger partial charge in [-0.25, -0.2) is 9.50 Å². The van der Waals surface area contributed by atoms with Crippen molar-refractivity contribution < 1.29 is 0 Å². The van der Waals surface area contributed by atoms with Crippen molar-refractivity contribution in [1.82, 2.24) is 14.6 Å². The van der Waals surface area contributed by atoms with E-state index in [1.54, 1.807) is 10.7 Å². The highest BCUT2D eigenvalue weighted by molar-refractivity contribution is 14.1. The van der Waals surface area contributed by atoms with E-state index in [4.69, 9.17) is 17.3 Å². The molecule has 4 nitrogen and oxygen atoms in total. The SMILES string of the molecule is Nc1c(I)c(Cl)nn2c(Br)cnc12. The number of hydrogen-bond donors (Lipinski definition) is 1. The molecule has 68 valence electrons. The Labute approximate surface area is 101 Å². The number of halogens is 3. The molecule has 2 rings (SSSR count). The highest BCUT2D eigenvalue weighted by atomic mass is 127. The molecule has 2 aromatic heterocycles. The van der Waals surface area contributed by atoms with Gasteiger partial charge in [0.25, 0.3) is 0 Å². The van der Waals surface area contributed by atoms with E-state index in [0.29, 0.717) is 16.5 Å². The van der Waals surface area contributed by atoms with Crippen LogP contribution in [0.25, 0.3) is 5.65 Å². The van der Waals surface area contributed by atoms with Crippen molar-refractivity contribution in [2.24, 2.45) is 0 Å². The Hall–Kier alpha value is -0.0800. The molecule has 0 aliphatic heterocycles. The first kappa shape index (κ1) is 9.47. The van der Waals surface area contributed by atoms with Gasteiger partial charge in [-0.3, -0.25) is 0 Å². The maximum Gasteiger partial charge on any atom is 0.179 e. The molecule has 0 saturated heterocycles. The molecule has 0 amide bonds. The number of anilines is 1. The van der Waals surface area contributed by atoms with Gasteiger partial charge in [-0.1, -0.05) is 11.6 Å². The van der Waals surface area contributed by atoms with Crippen LogP contribution in [-0.2, 0) is 0 Å². The van der Waals surface area contributed by atoms with Crippen molar-refractivity contribution in [1.29, 1.82) is 0 Å². The van der Waals surface area contributed by atoms with Gasteiger partial charge in [0.05, 0.1) is 15.5 Å². The van der Waals surface area contributed by atoms with Gasteiger partial charge in [0.15, 0.2) is 10.8 Å². The average molecular weight is 373 g/mol. The number of imidazole rings is 1. The van der Waals surface area contributed by atoms with E-state index in [2.05, 4.69) is 26.0 Å². The number of nitrogen functional groups attached to an aromatic ring is 1. The maximum absolute atomic E-state index is 5.85. The fraction of sp³-hybridized carbons (Fsp3) is 0. The number of fused-ring (bicyclic) bond motifs is 1. The quantitative estimate of drug-likeness (QED) is 0.721. The van der Waals surface area contributed by atoms with Crippen molar-refractivity contribution in [3.63, 3.8) is 0 Å². The van der Waals surface area contributed by atoms with E-state index < -0.39 is 0 Å². The molecule has 7 heteroatoms. The lowest BCUT2D eigenvalue weighted by atomic mass is 10.5. The summed E-state index contributed by atoms with van der Waals surface area (Å²) in [6.45, 7) is 0. The highest BCUT2D eigenvalue weighted by Gasteiger charge is 2.11. The van der Waals surface area contributed by atoms with Gasteiger partial charge in [0, 0.05) is 0 Å². The summed E-state index contributed by atoms with van der Waals surface area (Å²) in [5.74, 6) is 0. The van der Waals surface area contributed by atoms with Crippen LogP contribution in [-0.4, -0.2) is 14.6 Å². The molecule has 2 heterocycles. The first-order valence-electron chi connectivity index (χ1n) is 3.25. The van der Waals surface area contributed by atoms with Crippen molar-refractivity contribution in [3.05, 3.63) is 19.5 Å². The van der Waals surface area contributed by atoms with Gasteiger partial charge >= 0.3 is 0 Å². The van der Waals surface area contributed by atoms with Gasteiger partial charge in [-0.05, 0) is 38.5 Å². The van der Waals surface area contributed by atoms with Gasteiger partial charge in [0.1, 0.15) is 4.60 Å². The third kappa shape index (κ3) is 1.40. The van der Waals surface area contributed by atoms with E-state index in [9.17, 15) is 0 Å². The summed E-state index contributed by atoms with van der Waals surface area (Å²) < 4.78 is 3.01. The summed E-state index contributed by atoms with van der Waals surface area (Å²) in [5, 5.41) is 4.46. The predicted molar refractivity (Wildman–Crippen MR) is 62.8 cm³/mol. The van der Waals surface area contributed by atoms with E-state index in [0.717, 1.165) is 8.17 Å². The lowest BCUT2D eigenvalue weighted by Gasteiger charge is -2.02. The van der Waals surface area contributed by atoms with E-state index in [1.807, 2.05) is 22.6 Å². The lowest BCUT2D eigenvalue weighted by Crippen LogP contribution is -2.01. The minimum absolute atomic E-state index is 0.379. The van der Waals surface area contributed by atoms with Gasteiger partial charge < -0.3 is 5.73 Å². The Morgan fingerprint density at radius 1 is 1.62 bits per heavy atom. The molecule has 0 saturated carbocycles. The Bertz CT molecular complexity index is 483. The van der Waals surface area contributed by atoms with Gasteiger partial charge in [-0.15, -0.1) is 0 Å². The minimum atomic E-state index is 0.379. The molecule has 2 aromatic rings. The zero-order chi connectivity index (χ0) is 9.59. The van der Waals surface area contributed by atoms with Crippen LogP contribution in [0.4, 0.5) is 5.69 Å². The molecule has 0 aliphatic rings. The minimum Gasteiger partial charge on any atom is -0.395 e. The van der Waals surface area contributed by atoms with Crippen molar-refractivity contribution in [2.45, 2.75) is 0 Å². The molecule has 0 radical (unpaired) electrons. The summed E-state index contributed by atoms with van der Waals surface area (Å²) in [4.78, 5) is 4.08.